The molecule has 0 amide bonds. The Morgan fingerprint density at radius 2 is 2.33 bits per heavy atom. The highest BCUT2D eigenvalue weighted by Gasteiger charge is 2.14. The van der Waals surface area contributed by atoms with Crippen LogP contribution in [-0.4, -0.2) is 28.1 Å². The van der Waals surface area contributed by atoms with Crippen molar-refractivity contribution >= 4 is 23.0 Å². The maximum atomic E-state index is 11.1. The van der Waals surface area contributed by atoms with Gasteiger partial charge in [0.15, 0.2) is 0 Å². The van der Waals surface area contributed by atoms with Crippen molar-refractivity contribution in [2.75, 3.05) is 11.9 Å². The largest absolute Gasteiger partial charge is 0.478 e. The topological polar surface area (TPSA) is 66.3 Å². The van der Waals surface area contributed by atoms with Crippen molar-refractivity contribution in [3.05, 3.63) is 40.1 Å². The SMILES string of the molecule is Cc1nc(CN(C)c2ccncc2C(=O)O)cs1. The van der Waals surface area contributed by atoms with E-state index in [9.17, 15) is 4.79 Å². The van der Waals surface area contributed by atoms with E-state index in [1.807, 2.05) is 24.3 Å². The van der Waals surface area contributed by atoms with Gasteiger partial charge in [-0.3, -0.25) is 4.98 Å². The molecular weight excluding hydrogens is 250 g/mol. The molecule has 0 aromatic carbocycles. The second-order valence-corrected chi connectivity index (χ2v) is 4.97. The third-order valence-electron chi connectivity index (χ3n) is 2.51. The van der Waals surface area contributed by atoms with Gasteiger partial charge in [-0.2, -0.15) is 0 Å². The number of carboxylic acids is 1. The Balaban J connectivity index is 2.23. The summed E-state index contributed by atoms with van der Waals surface area (Å²) in [6.45, 7) is 2.53. The zero-order valence-electron chi connectivity index (χ0n) is 10.1. The minimum Gasteiger partial charge on any atom is -0.478 e. The number of hydrogen-bond donors (Lipinski definition) is 1. The van der Waals surface area contributed by atoms with Gasteiger partial charge in [0.2, 0.25) is 0 Å². The van der Waals surface area contributed by atoms with E-state index in [2.05, 4.69) is 9.97 Å². The van der Waals surface area contributed by atoms with E-state index in [0.717, 1.165) is 10.7 Å². The summed E-state index contributed by atoms with van der Waals surface area (Å²) in [5.41, 5.74) is 1.78. The molecule has 2 aromatic heterocycles. The van der Waals surface area contributed by atoms with Gasteiger partial charge in [-0.15, -0.1) is 11.3 Å². The van der Waals surface area contributed by atoms with Crippen molar-refractivity contribution in [2.24, 2.45) is 0 Å². The zero-order chi connectivity index (χ0) is 13.1. The molecule has 6 heteroatoms. The van der Waals surface area contributed by atoms with Crippen molar-refractivity contribution in [3.8, 4) is 0 Å². The van der Waals surface area contributed by atoms with Crippen LogP contribution in [0.25, 0.3) is 0 Å². The summed E-state index contributed by atoms with van der Waals surface area (Å²) >= 11 is 1.59. The van der Waals surface area contributed by atoms with Crippen LogP contribution in [0.1, 0.15) is 21.1 Å². The van der Waals surface area contributed by atoms with Crippen LogP contribution >= 0.6 is 11.3 Å². The predicted octanol–water partition coefficient (Wildman–Crippen LogP) is 2.18. The van der Waals surface area contributed by atoms with E-state index in [1.54, 1.807) is 23.6 Å². The minimum atomic E-state index is -0.973. The Hall–Kier alpha value is -1.95. The van der Waals surface area contributed by atoms with E-state index in [4.69, 9.17) is 5.11 Å². The summed E-state index contributed by atoms with van der Waals surface area (Å²) in [6.07, 6.45) is 2.95. The maximum Gasteiger partial charge on any atom is 0.339 e. The maximum absolute atomic E-state index is 11.1. The van der Waals surface area contributed by atoms with Gasteiger partial charge in [-0.25, -0.2) is 9.78 Å². The molecule has 18 heavy (non-hydrogen) atoms. The molecule has 0 spiro atoms. The molecule has 0 unspecified atom stereocenters. The number of aromatic nitrogens is 2. The fourth-order valence-electron chi connectivity index (χ4n) is 1.69. The van der Waals surface area contributed by atoms with Crippen molar-refractivity contribution in [2.45, 2.75) is 13.5 Å². The van der Waals surface area contributed by atoms with Crippen LogP contribution in [0.15, 0.2) is 23.8 Å². The molecule has 0 aliphatic heterocycles. The number of carbonyl (C=O) groups is 1. The Morgan fingerprint density at radius 1 is 1.56 bits per heavy atom. The van der Waals surface area contributed by atoms with Crippen LogP contribution in [0, 0.1) is 6.92 Å². The monoisotopic (exact) mass is 263 g/mol. The van der Waals surface area contributed by atoms with E-state index in [-0.39, 0.29) is 5.56 Å². The minimum absolute atomic E-state index is 0.201. The predicted molar refractivity (Wildman–Crippen MR) is 70.2 cm³/mol. The van der Waals surface area contributed by atoms with E-state index < -0.39 is 5.97 Å². The van der Waals surface area contributed by atoms with Crippen molar-refractivity contribution < 1.29 is 9.90 Å². The summed E-state index contributed by atoms with van der Waals surface area (Å²) in [6, 6.07) is 1.70. The first kappa shape index (κ1) is 12.5. The Kier molecular flexibility index (Phi) is 3.57. The van der Waals surface area contributed by atoms with E-state index in [0.29, 0.717) is 12.2 Å². The summed E-state index contributed by atoms with van der Waals surface area (Å²) in [5, 5.41) is 12.1. The van der Waals surface area contributed by atoms with Gasteiger partial charge in [-0.05, 0) is 13.0 Å². The average molecular weight is 263 g/mol. The van der Waals surface area contributed by atoms with Gasteiger partial charge in [0.05, 0.1) is 22.9 Å². The first-order chi connectivity index (χ1) is 8.58. The summed E-state index contributed by atoms with van der Waals surface area (Å²) in [5.74, 6) is -0.973. The molecule has 2 heterocycles. The molecule has 0 fully saturated rings. The second kappa shape index (κ2) is 5.14. The summed E-state index contributed by atoms with van der Waals surface area (Å²) < 4.78 is 0. The molecule has 0 saturated heterocycles. The highest BCUT2D eigenvalue weighted by atomic mass is 32.1. The van der Waals surface area contributed by atoms with Gasteiger partial charge >= 0.3 is 5.97 Å². The van der Waals surface area contributed by atoms with Crippen LogP contribution in [0.5, 0.6) is 0 Å². The van der Waals surface area contributed by atoms with Gasteiger partial charge in [0.1, 0.15) is 5.56 Å². The number of anilines is 1. The number of nitrogens with zero attached hydrogens (tertiary/aromatic N) is 3. The van der Waals surface area contributed by atoms with Crippen LogP contribution in [0.3, 0.4) is 0 Å². The molecule has 0 saturated carbocycles. The number of aryl methyl sites for hydroxylation is 1. The number of thiazole rings is 1. The highest BCUT2D eigenvalue weighted by Crippen LogP contribution is 2.20. The average Bonchev–Trinajstić information content (AvgIpc) is 2.74. The number of aromatic carboxylic acids is 1. The van der Waals surface area contributed by atoms with Crippen molar-refractivity contribution in [1.29, 1.82) is 0 Å². The third-order valence-corrected chi connectivity index (χ3v) is 3.33. The molecule has 0 radical (unpaired) electrons. The molecule has 94 valence electrons. The van der Waals surface area contributed by atoms with Gasteiger partial charge < -0.3 is 10.0 Å². The third kappa shape index (κ3) is 2.65. The summed E-state index contributed by atoms with van der Waals surface area (Å²) in [7, 11) is 1.84. The standard InChI is InChI=1S/C12H13N3O2S/c1-8-14-9(7-18-8)6-15(2)11-3-4-13-5-10(11)12(16)17/h3-5,7H,6H2,1-2H3,(H,16,17). The molecule has 0 atom stereocenters. The van der Waals surface area contributed by atoms with Crippen molar-refractivity contribution in [1.82, 2.24) is 9.97 Å². The zero-order valence-corrected chi connectivity index (χ0v) is 10.9. The molecule has 0 aliphatic carbocycles. The van der Waals surface area contributed by atoms with Crippen LogP contribution < -0.4 is 4.90 Å². The molecular formula is C12H13N3O2S. The lowest BCUT2D eigenvalue weighted by Crippen LogP contribution is -2.19. The molecule has 0 aliphatic rings. The smallest absolute Gasteiger partial charge is 0.339 e. The van der Waals surface area contributed by atoms with Gasteiger partial charge in [0.25, 0.3) is 0 Å². The Labute approximate surface area is 109 Å². The number of hydrogen-bond acceptors (Lipinski definition) is 5. The lowest BCUT2D eigenvalue weighted by Gasteiger charge is -2.19. The van der Waals surface area contributed by atoms with E-state index in [1.165, 1.54) is 6.20 Å². The molecule has 5 nitrogen and oxygen atoms in total. The van der Waals surface area contributed by atoms with Crippen LogP contribution in [0.4, 0.5) is 5.69 Å². The fraction of sp³-hybridized carbons (Fsp3) is 0.250. The fourth-order valence-corrected chi connectivity index (χ4v) is 2.30. The lowest BCUT2D eigenvalue weighted by molar-refractivity contribution is 0.0697. The Bertz CT molecular complexity index is 568. The molecule has 0 bridgehead atoms. The number of rotatable bonds is 4. The Morgan fingerprint density at radius 3 is 2.94 bits per heavy atom. The molecule has 2 aromatic rings. The normalized spacial score (nSPS) is 10.3. The van der Waals surface area contributed by atoms with Gasteiger partial charge in [0, 0.05) is 24.8 Å². The van der Waals surface area contributed by atoms with Crippen molar-refractivity contribution in [3.63, 3.8) is 0 Å². The molecule has 2 rings (SSSR count). The quantitative estimate of drug-likeness (QED) is 0.915. The summed E-state index contributed by atoms with van der Waals surface area (Å²) in [4.78, 5) is 21.2. The van der Waals surface area contributed by atoms with Crippen LogP contribution in [-0.2, 0) is 6.54 Å². The number of carboxylic acid groups (broad SMARTS) is 1. The number of pyridine rings is 1. The first-order valence-corrected chi connectivity index (χ1v) is 6.25. The highest BCUT2D eigenvalue weighted by molar-refractivity contribution is 7.09. The molecule has 1 N–H and O–H groups in total. The van der Waals surface area contributed by atoms with Gasteiger partial charge in [-0.1, -0.05) is 0 Å². The second-order valence-electron chi connectivity index (χ2n) is 3.91. The van der Waals surface area contributed by atoms with E-state index >= 15 is 0 Å². The first-order valence-electron chi connectivity index (χ1n) is 5.37. The lowest BCUT2D eigenvalue weighted by atomic mass is 10.2. The van der Waals surface area contributed by atoms with Crippen LogP contribution in [0.2, 0.25) is 0 Å².